The Bertz CT molecular complexity index is 750. The Kier molecular flexibility index (Phi) is 2.68. The van der Waals surface area contributed by atoms with Crippen molar-refractivity contribution in [3.8, 4) is 5.75 Å². The predicted molar refractivity (Wildman–Crippen MR) is 78.5 cm³/mol. The Balaban J connectivity index is 1.75. The molecular weight excluding hydrogens is 248 g/mol. The average molecular weight is 262 g/mol. The Labute approximate surface area is 117 Å². The molecule has 0 saturated carbocycles. The largest absolute Gasteiger partial charge is 0.460 e. The predicted octanol–water partition coefficient (Wildman–Crippen LogP) is 4.45. The highest BCUT2D eigenvalue weighted by Gasteiger charge is 2.22. The van der Waals surface area contributed by atoms with Gasteiger partial charge in [0.05, 0.1) is 6.61 Å². The summed E-state index contributed by atoms with van der Waals surface area (Å²) in [7, 11) is 0. The van der Waals surface area contributed by atoms with Crippen LogP contribution in [0.4, 0.5) is 0 Å². The Morgan fingerprint density at radius 2 is 1.60 bits per heavy atom. The Morgan fingerprint density at radius 3 is 2.50 bits per heavy atom. The minimum absolute atomic E-state index is 0.315. The molecule has 0 aliphatic carbocycles. The fourth-order valence-electron chi connectivity index (χ4n) is 2.66. The molecular formula is C18H14O2. The number of fused-ring (bicyclic) bond motifs is 3. The van der Waals surface area contributed by atoms with Crippen LogP contribution in [-0.2, 0) is 11.3 Å². The summed E-state index contributed by atoms with van der Waals surface area (Å²) in [5, 5.41) is 2.42. The molecule has 1 unspecified atom stereocenters. The van der Waals surface area contributed by atoms with Crippen molar-refractivity contribution >= 4 is 10.8 Å². The van der Waals surface area contributed by atoms with Gasteiger partial charge in [-0.05, 0) is 16.8 Å². The lowest BCUT2D eigenvalue weighted by Gasteiger charge is -2.27. The summed E-state index contributed by atoms with van der Waals surface area (Å²) in [5.74, 6) is 0.920. The minimum atomic E-state index is -0.315. The Morgan fingerprint density at radius 1 is 0.800 bits per heavy atom. The average Bonchev–Trinajstić information content (AvgIpc) is 2.55. The molecule has 1 heterocycles. The van der Waals surface area contributed by atoms with Gasteiger partial charge < -0.3 is 9.47 Å². The van der Waals surface area contributed by atoms with E-state index in [1.165, 1.54) is 10.8 Å². The molecule has 0 spiro atoms. The van der Waals surface area contributed by atoms with E-state index < -0.39 is 0 Å². The molecule has 0 saturated heterocycles. The monoisotopic (exact) mass is 262 g/mol. The molecule has 3 aromatic rings. The van der Waals surface area contributed by atoms with Gasteiger partial charge in [0, 0.05) is 11.1 Å². The summed E-state index contributed by atoms with van der Waals surface area (Å²) in [4.78, 5) is 0. The SMILES string of the molecule is c1ccc(C2OCc3c(ccc4ccccc34)O2)cc1. The third kappa shape index (κ3) is 1.86. The second-order valence-corrected chi connectivity index (χ2v) is 4.93. The van der Waals surface area contributed by atoms with Gasteiger partial charge in [0.25, 0.3) is 0 Å². The van der Waals surface area contributed by atoms with Crippen LogP contribution in [-0.4, -0.2) is 0 Å². The van der Waals surface area contributed by atoms with Gasteiger partial charge in [-0.15, -0.1) is 0 Å². The summed E-state index contributed by atoms with van der Waals surface area (Å²) in [6, 6.07) is 22.5. The molecule has 2 nitrogen and oxygen atoms in total. The van der Waals surface area contributed by atoms with E-state index in [0.717, 1.165) is 16.9 Å². The van der Waals surface area contributed by atoms with Crippen molar-refractivity contribution in [2.24, 2.45) is 0 Å². The van der Waals surface area contributed by atoms with Crippen molar-refractivity contribution in [3.63, 3.8) is 0 Å². The summed E-state index contributed by atoms with van der Waals surface area (Å²) in [5.41, 5.74) is 2.18. The third-order valence-corrected chi connectivity index (χ3v) is 3.68. The first kappa shape index (κ1) is 11.5. The fourth-order valence-corrected chi connectivity index (χ4v) is 2.66. The van der Waals surface area contributed by atoms with E-state index in [0.29, 0.717) is 6.61 Å². The zero-order valence-electron chi connectivity index (χ0n) is 11.0. The molecule has 0 fully saturated rings. The molecule has 1 aliphatic heterocycles. The summed E-state index contributed by atoms with van der Waals surface area (Å²) >= 11 is 0. The number of benzene rings is 3. The first-order valence-corrected chi connectivity index (χ1v) is 6.76. The number of hydrogen-bond acceptors (Lipinski definition) is 2. The molecule has 0 N–H and O–H groups in total. The first-order valence-electron chi connectivity index (χ1n) is 6.76. The lowest BCUT2D eigenvalue weighted by Crippen LogP contribution is -2.17. The van der Waals surface area contributed by atoms with Crippen LogP contribution in [0.15, 0.2) is 66.7 Å². The highest BCUT2D eigenvalue weighted by Crippen LogP contribution is 2.37. The standard InChI is InChI=1S/C18H14O2/c1-2-7-14(8-3-1)18-19-12-16-15-9-5-4-6-13(15)10-11-17(16)20-18/h1-11,18H,12H2. The number of ether oxygens (including phenoxy) is 2. The van der Waals surface area contributed by atoms with Crippen molar-refractivity contribution in [2.75, 3.05) is 0 Å². The van der Waals surface area contributed by atoms with E-state index in [-0.39, 0.29) is 6.29 Å². The van der Waals surface area contributed by atoms with Crippen molar-refractivity contribution in [1.29, 1.82) is 0 Å². The van der Waals surface area contributed by atoms with Crippen molar-refractivity contribution in [1.82, 2.24) is 0 Å². The number of hydrogen-bond donors (Lipinski definition) is 0. The topological polar surface area (TPSA) is 18.5 Å². The third-order valence-electron chi connectivity index (χ3n) is 3.68. The molecule has 0 bridgehead atoms. The highest BCUT2D eigenvalue weighted by molar-refractivity contribution is 5.87. The normalized spacial score (nSPS) is 17.5. The summed E-state index contributed by atoms with van der Waals surface area (Å²) in [6.07, 6.45) is -0.315. The lowest BCUT2D eigenvalue weighted by atomic mass is 10.0. The van der Waals surface area contributed by atoms with Gasteiger partial charge in [-0.2, -0.15) is 0 Å². The van der Waals surface area contributed by atoms with E-state index in [1.807, 2.05) is 48.5 Å². The zero-order chi connectivity index (χ0) is 13.4. The van der Waals surface area contributed by atoms with Gasteiger partial charge in [-0.1, -0.05) is 60.7 Å². The molecule has 0 aromatic heterocycles. The molecule has 4 rings (SSSR count). The van der Waals surface area contributed by atoms with Crippen LogP contribution in [0.5, 0.6) is 5.75 Å². The molecule has 3 aromatic carbocycles. The van der Waals surface area contributed by atoms with Crippen LogP contribution in [0, 0.1) is 0 Å². The second kappa shape index (κ2) is 4.66. The van der Waals surface area contributed by atoms with E-state index >= 15 is 0 Å². The van der Waals surface area contributed by atoms with Gasteiger partial charge in [-0.3, -0.25) is 0 Å². The van der Waals surface area contributed by atoms with Crippen molar-refractivity contribution < 1.29 is 9.47 Å². The van der Waals surface area contributed by atoms with E-state index in [9.17, 15) is 0 Å². The van der Waals surface area contributed by atoms with Gasteiger partial charge in [-0.25, -0.2) is 0 Å². The highest BCUT2D eigenvalue weighted by atomic mass is 16.7. The van der Waals surface area contributed by atoms with Crippen LogP contribution < -0.4 is 4.74 Å². The Hall–Kier alpha value is -2.32. The maximum atomic E-state index is 6.00. The van der Waals surface area contributed by atoms with Crippen LogP contribution in [0.3, 0.4) is 0 Å². The molecule has 20 heavy (non-hydrogen) atoms. The molecule has 2 heteroatoms. The summed E-state index contributed by atoms with van der Waals surface area (Å²) < 4.78 is 11.9. The van der Waals surface area contributed by atoms with Gasteiger partial charge in [0.2, 0.25) is 6.29 Å². The zero-order valence-corrected chi connectivity index (χ0v) is 11.0. The molecule has 1 atom stereocenters. The first-order chi connectivity index (χ1) is 9.92. The molecule has 98 valence electrons. The van der Waals surface area contributed by atoms with E-state index in [4.69, 9.17) is 9.47 Å². The molecule has 1 aliphatic rings. The fraction of sp³-hybridized carbons (Fsp3) is 0.111. The smallest absolute Gasteiger partial charge is 0.227 e. The van der Waals surface area contributed by atoms with E-state index in [1.54, 1.807) is 0 Å². The second-order valence-electron chi connectivity index (χ2n) is 4.93. The van der Waals surface area contributed by atoms with Crippen molar-refractivity contribution in [3.05, 3.63) is 77.9 Å². The molecule has 0 radical (unpaired) electrons. The van der Waals surface area contributed by atoms with Crippen LogP contribution in [0.1, 0.15) is 17.4 Å². The van der Waals surface area contributed by atoms with Crippen LogP contribution in [0.2, 0.25) is 0 Å². The van der Waals surface area contributed by atoms with Crippen LogP contribution in [0.25, 0.3) is 10.8 Å². The van der Waals surface area contributed by atoms with Gasteiger partial charge >= 0.3 is 0 Å². The van der Waals surface area contributed by atoms with Crippen molar-refractivity contribution in [2.45, 2.75) is 12.9 Å². The maximum absolute atomic E-state index is 6.00. The maximum Gasteiger partial charge on any atom is 0.227 e. The quantitative estimate of drug-likeness (QED) is 0.645. The summed E-state index contributed by atoms with van der Waals surface area (Å²) in [6.45, 7) is 0.580. The molecule has 0 amide bonds. The number of rotatable bonds is 1. The van der Waals surface area contributed by atoms with Crippen LogP contribution >= 0.6 is 0 Å². The lowest BCUT2D eigenvalue weighted by molar-refractivity contribution is -0.110. The van der Waals surface area contributed by atoms with Gasteiger partial charge in [0.15, 0.2) is 0 Å². The van der Waals surface area contributed by atoms with E-state index in [2.05, 4.69) is 18.2 Å². The van der Waals surface area contributed by atoms with Gasteiger partial charge in [0.1, 0.15) is 5.75 Å². The minimum Gasteiger partial charge on any atom is -0.460 e.